The lowest BCUT2D eigenvalue weighted by Crippen LogP contribution is -2.41. The summed E-state index contributed by atoms with van der Waals surface area (Å²) in [5, 5.41) is 5.05. The van der Waals surface area contributed by atoms with Gasteiger partial charge in [-0.25, -0.2) is 0 Å². The number of hydrogen-bond donors (Lipinski definition) is 1. The molecule has 0 aliphatic carbocycles. The first-order chi connectivity index (χ1) is 8.02. The van der Waals surface area contributed by atoms with Crippen LogP contribution in [-0.2, 0) is 6.42 Å². The molecule has 2 rings (SSSR count). The summed E-state index contributed by atoms with van der Waals surface area (Å²) in [6.45, 7) is 0. The van der Waals surface area contributed by atoms with Crippen molar-refractivity contribution >= 4 is 21.4 Å². The van der Waals surface area contributed by atoms with Gasteiger partial charge in [-0.15, -0.1) is 11.3 Å². The van der Waals surface area contributed by atoms with Crippen LogP contribution < -0.4 is 5.32 Å². The van der Waals surface area contributed by atoms with Crippen molar-refractivity contribution in [1.29, 1.82) is 0 Å². The number of hydrogen-bond acceptors (Lipinski definition) is 2. The van der Waals surface area contributed by atoms with Crippen molar-refractivity contribution in [1.82, 2.24) is 5.32 Å². The van der Waals surface area contributed by atoms with Gasteiger partial charge in [0.1, 0.15) is 6.04 Å². The third kappa shape index (κ3) is 2.61. The van der Waals surface area contributed by atoms with E-state index in [2.05, 4.69) is 5.32 Å². The van der Waals surface area contributed by atoms with Gasteiger partial charge in [0.15, 0.2) is 0 Å². The minimum absolute atomic E-state index is 0.0238. The van der Waals surface area contributed by atoms with Crippen LogP contribution in [0.15, 0.2) is 29.6 Å². The second-order valence-corrected chi connectivity index (χ2v) is 4.76. The van der Waals surface area contributed by atoms with Crippen molar-refractivity contribution in [2.75, 3.05) is 7.05 Å². The van der Waals surface area contributed by atoms with E-state index >= 15 is 0 Å². The van der Waals surface area contributed by atoms with E-state index in [0.29, 0.717) is 0 Å². The summed E-state index contributed by atoms with van der Waals surface area (Å²) in [6, 6.07) is 6.04. The molecule has 2 aromatic rings. The lowest BCUT2D eigenvalue weighted by atomic mass is 10.0. The highest BCUT2D eigenvalue weighted by atomic mass is 32.1. The molecule has 1 unspecified atom stereocenters. The number of benzene rings is 1. The molecule has 17 heavy (non-hydrogen) atoms. The van der Waals surface area contributed by atoms with E-state index in [0.717, 1.165) is 15.6 Å². The number of likely N-dealkylation sites (N-methyl/N-ethyl adjacent to an activating group) is 1. The molecular weight excluding hydrogens is 247 g/mol. The van der Waals surface area contributed by atoms with Crippen LogP contribution in [0.3, 0.4) is 0 Å². The number of thiophene rings is 1. The van der Waals surface area contributed by atoms with E-state index in [1.54, 1.807) is 5.38 Å². The summed E-state index contributed by atoms with van der Waals surface area (Å²) in [7, 11) is 1.34. The van der Waals surface area contributed by atoms with Gasteiger partial charge in [0.2, 0.25) is 0 Å². The lowest BCUT2D eigenvalue weighted by molar-refractivity contribution is -0.154. The Balaban J connectivity index is 2.29. The fraction of sp³-hybridized carbons (Fsp3) is 0.333. The zero-order chi connectivity index (χ0) is 12.5. The molecule has 1 atom stereocenters. The van der Waals surface area contributed by atoms with Crippen LogP contribution in [0, 0.1) is 0 Å². The van der Waals surface area contributed by atoms with Gasteiger partial charge >= 0.3 is 6.18 Å². The lowest BCUT2D eigenvalue weighted by Gasteiger charge is -2.19. The SMILES string of the molecule is CNC(Cc1csc2ccccc12)C(F)(F)F. The van der Waals surface area contributed by atoms with Crippen LogP contribution in [0.4, 0.5) is 13.2 Å². The van der Waals surface area contributed by atoms with E-state index in [9.17, 15) is 13.2 Å². The quantitative estimate of drug-likeness (QED) is 0.888. The molecule has 0 fully saturated rings. The maximum Gasteiger partial charge on any atom is 0.404 e. The summed E-state index contributed by atoms with van der Waals surface area (Å²) in [5.74, 6) is 0. The molecule has 92 valence electrons. The maximum atomic E-state index is 12.7. The highest BCUT2D eigenvalue weighted by Crippen LogP contribution is 2.30. The van der Waals surface area contributed by atoms with E-state index in [1.165, 1.54) is 18.4 Å². The molecule has 1 aromatic heterocycles. The van der Waals surface area contributed by atoms with Gasteiger partial charge in [-0.05, 0) is 35.9 Å². The minimum atomic E-state index is -4.21. The van der Waals surface area contributed by atoms with Crippen molar-refractivity contribution in [3.63, 3.8) is 0 Å². The van der Waals surface area contributed by atoms with Gasteiger partial charge in [0.05, 0.1) is 0 Å². The third-order valence-electron chi connectivity index (χ3n) is 2.73. The van der Waals surface area contributed by atoms with E-state index < -0.39 is 12.2 Å². The van der Waals surface area contributed by atoms with Crippen molar-refractivity contribution in [2.45, 2.75) is 18.6 Å². The van der Waals surface area contributed by atoms with Crippen molar-refractivity contribution < 1.29 is 13.2 Å². The molecule has 0 aliphatic rings. The highest BCUT2D eigenvalue weighted by molar-refractivity contribution is 7.17. The van der Waals surface area contributed by atoms with Gasteiger partial charge in [0.25, 0.3) is 0 Å². The Morgan fingerprint density at radius 3 is 2.65 bits per heavy atom. The summed E-state index contributed by atoms with van der Waals surface area (Å²) in [4.78, 5) is 0. The van der Waals surface area contributed by atoms with E-state index in [1.807, 2.05) is 24.3 Å². The summed E-state index contributed by atoms with van der Waals surface area (Å²) < 4.78 is 39.0. The molecule has 1 nitrogen and oxygen atoms in total. The molecule has 0 spiro atoms. The normalized spacial score (nSPS) is 14.1. The molecule has 0 aliphatic heterocycles. The number of fused-ring (bicyclic) bond motifs is 1. The summed E-state index contributed by atoms with van der Waals surface area (Å²) >= 11 is 1.48. The highest BCUT2D eigenvalue weighted by Gasteiger charge is 2.38. The molecular formula is C12H12F3NS. The number of alkyl halides is 3. The largest absolute Gasteiger partial charge is 0.404 e. The van der Waals surface area contributed by atoms with Gasteiger partial charge in [-0.3, -0.25) is 0 Å². The van der Waals surface area contributed by atoms with Gasteiger partial charge in [0, 0.05) is 4.70 Å². The van der Waals surface area contributed by atoms with Gasteiger partial charge < -0.3 is 5.32 Å². The zero-order valence-corrected chi connectivity index (χ0v) is 10.0. The molecule has 1 aromatic carbocycles. The molecule has 0 amide bonds. The third-order valence-corrected chi connectivity index (χ3v) is 3.74. The van der Waals surface area contributed by atoms with Crippen LogP contribution in [0.25, 0.3) is 10.1 Å². The smallest absolute Gasteiger partial charge is 0.309 e. The summed E-state index contributed by atoms with van der Waals surface area (Å²) in [6.07, 6.45) is -4.23. The molecule has 0 saturated heterocycles. The second-order valence-electron chi connectivity index (χ2n) is 3.84. The first-order valence-corrected chi connectivity index (χ1v) is 6.09. The Bertz CT molecular complexity index is 504. The minimum Gasteiger partial charge on any atom is -0.309 e. The molecule has 1 N–H and O–H groups in total. The topological polar surface area (TPSA) is 12.0 Å². The van der Waals surface area contributed by atoms with Crippen LogP contribution in [0.5, 0.6) is 0 Å². The van der Waals surface area contributed by atoms with Crippen LogP contribution in [-0.4, -0.2) is 19.3 Å². The average molecular weight is 259 g/mol. The van der Waals surface area contributed by atoms with E-state index in [-0.39, 0.29) is 6.42 Å². The van der Waals surface area contributed by atoms with Crippen LogP contribution in [0.2, 0.25) is 0 Å². The summed E-state index contributed by atoms with van der Waals surface area (Å²) in [5.41, 5.74) is 0.752. The Morgan fingerprint density at radius 1 is 1.29 bits per heavy atom. The zero-order valence-electron chi connectivity index (χ0n) is 9.21. The predicted molar refractivity (Wildman–Crippen MR) is 64.4 cm³/mol. The maximum absolute atomic E-state index is 12.7. The first-order valence-electron chi connectivity index (χ1n) is 5.21. The van der Waals surface area contributed by atoms with Crippen molar-refractivity contribution in [3.05, 3.63) is 35.2 Å². The molecule has 0 bridgehead atoms. The van der Waals surface area contributed by atoms with Gasteiger partial charge in [-0.1, -0.05) is 18.2 Å². The Hall–Kier alpha value is -1.07. The van der Waals surface area contributed by atoms with Crippen LogP contribution >= 0.6 is 11.3 Å². The second kappa shape index (κ2) is 4.66. The Kier molecular flexibility index (Phi) is 3.40. The first kappa shape index (κ1) is 12.4. The van der Waals surface area contributed by atoms with E-state index in [4.69, 9.17) is 0 Å². The predicted octanol–water partition coefficient (Wildman–Crippen LogP) is 3.59. The number of rotatable bonds is 3. The fourth-order valence-electron chi connectivity index (χ4n) is 1.79. The average Bonchev–Trinajstić information content (AvgIpc) is 2.67. The van der Waals surface area contributed by atoms with Crippen molar-refractivity contribution in [2.24, 2.45) is 0 Å². The molecule has 5 heteroatoms. The van der Waals surface area contributed by atoms with Crippen molar-refractivity contribution in [3.8, 4) is 0 Å². The fourth-order valence-corrected chi connectivity index (χ4v) is 2.77. The standard InChI is InChI=1S/C12H12F3NS/c1-16-11(12(13,14)15)6-8-7-17-10-5-3-2-4-9(8)10/h2-5,7,11,16H,6H2,1H3. The van der Waals surface area contributed by atoms with Gasteiger partial charge in [-0.2, -0.15) is 13.2 Å². The Labute approximate surface area is 101 Å². The molecule has 0 saturated carbocycles. The Morgan fingerprint density at radius 2 is 2.00 bits per heavy atom. The van der Waals surface area contributed by atoms with Crippen LogP contribution in [0.1, 0.15) is 5.56 Å². The number of nitrogens with one attached hydrogen (secondary N) is 1. The molecule has 0 radical (unpaired) electrons. The monoisotopic (exact) mass is 259 g/mol. The molecule has 1 heterocycles. The number of halogens is 3.